The van der Waals surface area contributed by atoms with Crippen molar-refractivity contribution in [3.63, 3.8) is 0 Å². The van der Waals surface area contributed by atoms with Gasteiger partial charge in [0.05, 0.1) is 54.4 Å². The quantitative estimate of drug-likeness (QED) is 0.147. The highest BCUT2D eigenvalue weighted by Crippen LogP contribution is 2.62. The van der Waals surface area contributed by atoms with Crippen molar-refractivity contribution >= 4 is 131 Å². The SMILES string of the molecule is C[Si](C)(C)c1ccc2c(c1)c1cc([Si](C)(C)C)cc3c1n2-c1c(-c2ccc(-c4ccccc4)c4ccccc24)cc2c4c1B3c1cc([Si](C)(C)C)cc3c5cc([Si](C)(C)C)cc(c5n-4c13)C21c2ccccc2-c2ccccc21. The lowest BCUT2D eigenvalue weighted by Gasteiger charge is -2.45. The predicted octanol–water partition coefficient (Wildman–Crippen LogP) is 14.4. The van der Waals surface area contributed by atoms with Gasteiger partial charge < -0.3 is 9.13 Å². The maximum Gasteiger partial charge on any atom is 0.252 e. The van der Waals surface area contributed by atoms with Crippen LogP contribution in [-0.4, -0.2) is 48.1 Å². The van der Waals surface area contributed by atoms with Gasteiger partial charge in [-0.2, -0.15) is 0 Å². The van der Waals surface area contributed by atoms with Gasteiger partial charge in [0.15, 0.2) is 0 Å². The maximum atomic E-state index is 2.86. The molecule has 2 aromatic heterocycles. The number of fused-ring (bicyclic) bond motifs is 15. The molecule has 0 amide bonds. The lowest BCUT2D eigenvalue weighted by atomic mass is 9.33. The number of hydrogen-bond donors (Lipinski definition) is 0. The third-order valence-corrected chi connectivity index (χ3v) is 27.2. The van der Waals surface area contributed by atoms with Gasteiger partial charge in [-0.05, 0) is 89.4 Å². The van der Waals surface area contributed by atoms with Crippen LogP contribution in [0.25, 0.3) is 99.1 Å². The Labute approximate surface area is 463 Å². The molecule has 16 rings (SSSR count). The van der Waals surface area contributed by atoms with Gasteiger partial charge in [-0.15, -0.1) is 0 Å². The van der Waals surface area contributed by atoms with Crippen LogP contribution >= 0.6 is 0 Å². The van der Waals surface area contributed by atoms with E-state index in [0.29, 0.717) is 0 Å². The molecule has 4 aliphatic rings. The first-order valence-corrected chi connectivity index (χ1v) is 42.5. The van der Waals surface area contributed by atoms with Crippen molar-refractivity contribution in [1.29, 1.82) is 0 Å². The fourth-order valence-corrected chi connectivity index (χ4v) is 19.8. The highest BCUT2D eigenvalue weighted by Gasteiger charge is 2.55. The molecule has 12 aromatic rings. The normalized spacial score (nSPS) is 14.7. The standard InChI is InChI=1S/C71H65BN2Si4/c1-75(2,3)43-30-33-64-53(34-43)54-36-45(77(7,8)9)39-62-67(54)73(64)69-57(50-32-31-47(42-22-14-13-15-23-42)48-24-16-17-25-49(48)50)41-61-70-65(69)72(62)63-40-46(78(10,11)12)37-56-55-35-44(76(4,5)6)38-60(66(55)74(70)68(56)63)71(61)58-28-20-18-26-51(58)52-27-19-21-29-59(52)71/h13-41H,1-12H3. The Balaban J connectivity index is 1.21. The summed E-state index contributed by atoms with van der Waals surface area (Å²) in [6, 6.07) is 70.9. The van der Waals surface area contributed by atoms with E-state index in [1.54, 1.807) is 10.4 Å². The van der Waals surface area contributed by atoms with Crippen LogP contribution in [0, 0.1) is 0 Å². The first-order valence-electron chi connectivity index (χ1n) is 28.5. The highest BCUT2D eigenvalue weighted by molar-refractivity contribution is 7.02. The Bertz CT molecular complexity index is 4680. The lowest BCUT2D eigenvalue weighted by molar-refractivity contribution is 0.750. The fourth-order valence-electron chi connectivity index (χ4n) is 15.2. The van der Waals surface area contributed by atoms with Crippen molar-refractivity contribution in [2.24, 2.45) is 0 Å². The van der Waals surface area contributed by atoms with E-state index in [9.17, 15) is 0 Å². The van der Waals surface area contributed by atoms with Crippen LogP contribution in [0.15, 0.2) is 176 Å². The van der Waals surface area contributed by atoms with E-state index in [2.05, 4.69) is 264 Å². The number of rotatable bonds is 6. The van der Waals surface area contributed by atoms with E-state index in [4.69, 9.17) is 0 Å². The molecule has 2 nitrogen and oxygen atoms in total. The molecule has 0 saturated heterocycles. The largest absolute Gasteiger partial charge is 0.310 e. The fraction of sp³-hybridized carbons (Fsp3) is 0.183. The van der Waals surface area contributed by atoms with Gasteiger partial charge in [-0.25, -0.2) is 0 Å². The Morgan fingerprint density at radius 1 is 0.321 bits per heavy atom. The van der Waals surface area contributed by atoms with E-state index in [0.717, 1.165) is 0 Å². The second kappa shape index (κ2) is 15.2. The van der Waals surface area contributed by atoms with Gasteiger partial charge in [0.1, 0.15) is 0 Å². The summed E-state index contributed by atoms with van der Waals surface area (Å²) in [5, 5.41) is 14.4. The van der Waals surface area contributed by atoms with Crippen LogP contribution in [0.3, 0.4) is 0 Å². The van der Waals surface area contributed by atoms with E-state index in [-0.39, 0.29) is 6.71 Å². The molecule has 0 saturated carbocycles. The Hall–Kier alpha value is -7.01. The molecule has 0 radical (unpaired) electrons. The third kappa shape index (κ3) is 5.93. The minimum atomic E-state index is -1.92. The molecular formula is C71H65BN2Si4. The van der Waals surface area contributed by atoms with Crippen molar-refractivity contribution in [3.8, 4) is 44.8 Å². The van der Waals surface area contributed by atoms with Crippen molar-refractivity contribution < 1.29 is 0 Å². The van der Waals surface area contributed by atoms with Gasteiger partial charge in [-0.1, -0.05) is 263 Å². The molecular weight excluding hydrogens is 1000 g/mol. The maximum absolute atomic E-state index is 2.86. The van der Waals surface area contributed by atoms with Crippen LogP contribution < -0.4 is 37.1 Å². The Morgan fingerprint density at radius 3 is 1.41 bits per heavy atom. The number of hydrogen-bond acceptors (Lipinski definition) is 0. The predicted molar refractivity (Wildman–Crippen MR) is 351 cm³/mol. The topological polar surface area (TPSA) is 9.86 Å². The average molecular weight is 1070 g/mol. The molecule has 378 valence electrons. The molecule has 0 N–H and O–H groups in total. The smallest absolute Gasteiger partial charge is 0.252 e. The molecule has 3 aliphatic heterocycles. The lowest BCUT2D eigenvalue weighted by Crippen LogP contribution is -2.62. The molecule has 7 heteroatoms. The summed E-state index contributed by atoms with van der Waals surface area (Å²) in [5.41, 5.74) is 25.6. The van der Waals surface area contributed by atoms with E-state index >= 15 is 0 Å². The van der Waals surface area contributed by atoms with Crippen molar-refractivity contribution in [2.45, 2.75) is 84.0 Å². The molecule has 5 heterocycles. The van der Waals surface area contributed by atoms with Crippen LogP contribution in [0.2, 0.25) is 78.6 Å². The zero-order valence-electron chi connectivity index (χ0n) is 47.2. The van der Waals surface area contributed by atoms with Crippen molar-refractivity contribution in [2.75, 3.05) is 0 Å². The molecule has 1 aliphatic carbocycles. The first kappa shape index (κ1) is 47.0. The summed E-state index contributed by atoms with van der Waals surface area (Å²) >= 11 is 0. The Kier molecular flexibility index (Phi) is 9.17. The zero-order valence-corrected chi connectivity index (χ0v) is 51.2. The van der Waals surface area contributed by atoms with E-state index in [1.165, 1.54) is 148 Å². The molecule has 0 bridgehead atoms. The molecule has 0 atom stereocenters. The first-order chi connectivity index (χ1) is 37.2. The van der Waals surface area contributed by atoms with Crippen molar-refractivity contribution in [1.82, 2.24) is 9.13 Å². The van der Waals surface area contributed by atoms with E-state index < -0.39 is 37.7 Å². The van der Waals surface area contributed by atoms with Crippen LogP contribution in [0.1, 0.15) is 22.3 Å². The van der Waals surface area contributed by atoms with Gasteiger partial charge in [0.25, 0.3) is 6.71 Å². The van der Waals surface area contributed by atoms with Crippen LogP contribution in [0.5, 0.6) is 0 Å². The van der Waals surface area contributed by atoms with E-state index in [1.807, 2.05) is 0 Å². The van der Waals surface area contributed by atoms with Gasteiger partial charge in [0, 0.05) is 43.8 Å². The second-order valence-electron chi connectivity index (χ2n) is 27.7. The van der Waals surface area contributed by atoms with Gasteiger partial charge in [0.2, 0.25) is 0 Å². The highest BCUT2D eigenvalue weighted by atomic mass is 28.3. The number of aromatic nitrogens is 2. The summed E-state index contributed by atoms with van der Waals surface area (Å²) < 4.78 is 5.67. The van der Waals surface area contributed by atoms with Crippen molar-refractivity contribution in [3.05, 3.63) is 198 Å². The van der Waals surface area contributed by atoms with Crippen LogP contribution in [0.4, 0.5) is 0 Å². The molecule has 78 heavy (non-hydrogen) atoms. The summed E-state index contributed by atoms with van der Waals surface area (Å²) in [4.78, 5) is 0. The molecule has 10 aromatic carbocycles. The average Bonchev–Trinajstić information content (AvgIpc) is 2.51. The molecule has 0 unspecified atom stereocenters. The minimum absolute atomic E-state index is 0.00630. The number of nitrogens with zero attached hydrogens (tertiary/aromatic N) is 2. The Morgan fingerprint density at radius 2 is 0.808 bits per heavy atom. The summed E-state index contributed by atoms with van der Waals surface area (Å²) in [7, 11) is -7.43. The third-order valence-electron chi connectivity index (χ3n) is 19.1. The number of benzene rings is 10. The monoisotopic (exact) mass is 1070 g/mol. The summed E-state index contributed by atoms with van der Waals surface area (Å²) in [6.07, 6.45) is 0. The summed E-state index contributed by atoms with van der Waals surface area (Å²) in [6.45, 7) is 30.6. The van der Waals surface area contributed by atoms with Gasteiger partial charge >= 0.3 is 0 Å². The molecule has 0 fully saturated rings. The van der Waals surface area contributed by atoms with Crippen LogP contribution in [-0.2, 0) is 5.41 Å². The second-order valence-corrected chi connectivity index (χ2v) is 48.0. The molecule has 1 spiro atoms. The van der Waals surface area contributed by atoms with Gasteiger partial charge in [-0.3, -0.25) is 0 Å². The minimum Gasteiger partial charge on any atom is -0.310 e. The zero-order chi connectivity index (χ0) is 53.5. The summed E-state index contributed by atoms with van der Waals surface area (Å²) in [5.74, 6) is 0.